The van der Waals surface area contributed by atoms with E-state index < -0.39 is 37.2 Å². The van der Waals surface area contributed by atoms with E-state index in [-0.39, 0.29) is 0 Å². The summed E-state index contributed by atoms with van der Waals surface area (Å²) in [4.78, 5) is 33.5. The summed E-state index contributed by atoms with van der Waals surface area (Å²) in [5.41, 5.74) is 0. The topological polar surface area (TPSA) is 125 Å². The largest absolute Gasteiger partial charge is 0.480 e. The highest BCUT2D eigenvalue weighted by molar-refractivity contribution is 5.86. The molecule has 0 aromatic heterocycles. The van der Waals surface area contributed by atoms with Gasteiger partial charge in [0.1, 0.15) is 12.6 Å². The van der Waals surface area contributed by atoms with Crippen LogP contribution in [0.2, 0.25) is 0 Å². The molecule has 8 heteroatoms. The lowest BCUT2D eigenvalue weighted by atomic mass is 10.1. The Kier molecular flexibility index (Phi) is 15.5. The highest BCUT2D eigenvalue weighted by atomic mass is 16.5. The van der Waals surface area contributed by atoms with E-state index in [1.54, 1.807) is 0 Å². The van der Waals surface area contributed by atoms with Gasteiger partial charge in [0.2, 0.25) is 5.91 Å². The van der Waals surface area contributed by atoms with Crippen LogP contribution in [-0.2, 0) is 14.3 Å². The van der Waals surface area contributed by atoms with Gasteiger partial charge >= 0.3 is 12.1 Å². The minimum absolute atomic E-state index is 0.290. The van der Waals surface area contributed by atoms with E-state index >= 15 is 0 Å². The van der Waals surface area contributed by atoms with Crippen LogP contribution in [0.3, 0.4) is 0 Å². The number of nitrogens with one attached hydrogen (secondary N) is 2. The Morgan fingerprint density at radius 1 is 0.923 bits per heavy atom. The van der Waals surface area contributed by atoms with Crippen molar-refractivity contribution in [1.29, 1.82) is 0 Å². The minimum Gasteiger partial charge on any atom is -0.480 e. The number of rotatable bonds is 16. The molecular weight excluding hydrogens is 340 g/mol. The van der Waals surface area contributed by atoms with Crippen LogP contribution in [0.5, 0.6) is 0 Å². The summed E-state index contributed by atoms with van der Waals surface area (Å²) in [6.45, 7) is 1.38. The molecule has 0 aliphatic carbocycles. The van der Waals surface area contributed by atoms with E-state index in [1.165, 1.54) is 44.9 Å². The average molecular weight is 374 g/mol. The molecule has 0 aliphatic heterocycles. The molecule has 0 spiro atoms. The molecule has 8 nitrogen and oxygen atoms in total. The Morgan fingerprint density at radius 2 is 1.46 bits per heavy atom. The maximum absolute atomic E-state index is 11.4. The van der Waals surface area contributed by atoms with Crippen molar-refractivity contribution >= 4 is 18.0 Å². The van der Waals surface area contributed by atoms with Crippen LogP contribution in [0.4, 0.5) is 4.79 Å². The summed E-state index contributed by atoms with van der Waals surface area (Å²) in [6, 6.07) is -1.38. The molecule has 2 amide bonds. The molecule has 152 valence electrons. The SMILES string of the molecule is CCCCCCCCCCCCOC(=O)NCC(=O)N[C@@H](CO)C(=O)O. The maximum atomic E-state index is 11.4. The molecule has 4 N–H and O–H groups in total. The fourth-order valence-electron chi connectivity index (χ4n) is 2.39. The van der Waals surface area contributed by atoms with E-state index in [0.29, 0.717) is 6.61 Å². The highest BCUT2D eigenvalue weighted by Crippen LogP contribution is 2.10. The second kappa shape index (κ2) is 16.6. The monoisotopic (exact) mass is 374 g/mol. The Morgan fingerprint density at radius 3 is 1.96 bits per heavy atom. The van der Waals surface area contributed by atoms with Crippen LogP contribution in [0.15, 0.2) is 0 Å². The number of hydrogen-bond acceptors (Lipinski definition) is 5. The minimum atomic E-state index is -1.38. The zero-order chi connectivity index (χ0) is 19.6. The van der Waals surface area contributed by atoms with Gasteiger partial charge in [-0.2, -0.15) is 0 Å². The van der Waals surface area contributed by atoms with Gasteiger partial charge in [0.15, 0.2) is 0 Å². The number of alkyl carbamates (subject to hydrolysis) is 1. The number of aliphatic hydroxyl groups is 1. The Hall–Kier alpha value is -1.83. The summed E-state index contributed by atoms with van der Waals surface area (Å²) < 4.78 is 4.95. The van der Waals surface area contributed by atoms with E-state index in [1.807, 2.05) is 0 Å². The molecule has 0 rings (SSSR count). The zero-order valence-corrected chi connectivity index (χ0v) is 15.8. The summed E-state index contributed by atoms with van der Waals surface area (Å²) in [7, 11) is 0. The lowest BCUT2D eigenvalue weighted by Crippen LogP contribution is -2.47. The summed E-state index contributed by atoms with van der Waals surface area (Å²) in [6.07, 6.45) is 11.2. The van der Waals surface area contributed by atoms with Crippen molar-refractivity contribution in [2.45, 2.75) is 77.2 Å². The van der Waals surface area contributed by atoms with Crippen LogP contribution in [0.25, 0.3) is 0 Å². The van der Waals surface area contributed by atoms with Crippen molar-refractivity contribution in [1.82, 2.24) is 10.6 Å². The second-order valence-electron chi connectivity index (χ2n) is 6.31. The molecule has 0 fully saturated rings. The fourth-order valence-corrected chi connectivity index (χ4v) is 2.39. The van der Waals surface area contributed by atoms with Crippen molar-refractivity contribution < 1.29 is 29.3 Å². The Labute approximate surface area is 155 Å². The predicted octanol–water partition coefficient (Wildman–Crippen LogP) is 2.20. The molecule has 1 atom stereocenters. The number of amides is 2. The van der Waals surface area contributed by atoms with Gasteiger partial charge in [0, 0.05) is 0 Å². The van der Waals surface area contributed by atoms with Crippen molar-refractivity contribution in [2.75, 3.05) is 19.8 Å². The van der Waals surface area contributed by atoms with Crippen LogP contribution in [-0.4, -0.2) is 54.0 Å². The lowest BCUT2D eigenvalue weighted by molar-refractivity contribution is -0.142. The van der Waals surface area contributed by atoms with Crippen molar-refractivity contribution in [3.63, 3.8) is 0 Å². The van der Waals surface area contributed by atoms with E-state index in [4.69, 9.17) is 14.9 Å². The third-order valence-corrected chi connectivity index (χ3v) is 3.94. The molecule has 0 heterocycles. The van der Waals surface area contributed by atoms with Crippen LogP contribution in [0, 0.1) is 0 Å². The summed E-state index contributed by atoms with van der Waals surface area (Å²) >= 11 is 0. The standard InChI is InChI=1S/C18H34N2O6/c1-2-3-4-5-6-7-8-9-10-11-12-26-18(25)19-13-16(22)20-15(14-21)17(23)24/h15,21H,2-14H2,1H3,(H,19,25)(H,20,22)(H,23,24)/t15-/m0/s1. The first-order chi connectivity index (χ1) is 12.5. The first-order valence-electron chi connectivity index (χ1n) is 9.54. The second-order valence-corrected chi connectivity index (χ2v) is 6.31. The quantitative estimate of drug-likeness (QED) is 0.307. The van der Waals surface area contributed by atoms with Gasteiger partial charge in [-0.1, -0.05) is 64.7 Å². The molecule has 0 radical (unpaired) electrons. The predicted molar refractivity (Wildman–Crippen MR) is 97.8 cm³/mol. The number of aliphatic carboxylic acids is 1. The molecule has 0 aliphatic rings. The summed E-state index contributed by atoms with van der Waals surface area (Å²) in [5.74, 6) is -2.05. The van der Waals surface area contributed by atoms with Gasteiger partial charge in [0.25, 0.3) is 0 Å². The van der Waals surface area contributed by atoms with Crippen LogP contribution in [0.1, 0.15) is 71.1 Å². The van der Waals surface area contributed by atoms with Gasteiger partial charge in [0.05, 0.1) is 13.2 Å². The molecule has 0 aromatic rings. The number of carbonyl (C=O) groups excluding carboxylic acids is 2. The zero-order valence-electron chi connectivity index (χ0n) is 15.8. The third kappa shape index (κ3) is 14.5. The van der Waals surface area contributed by atoms with Crippen LogP contribution >= 0.6 is 0 Å². The van der Waals surface area contributed by atoms with Gasteiger partial charge in [-0.3, -0.25) is 4.79 Å². The van der Waals surface area contributed by atoms with Gasteiger partial charge in [-0.25, -0.2) is 9.59 Å². The van der Waals surface area contributed by atoms with Crippen LogP contribution < -0.4 is 10.6 Å². The molecule has 26 heavy (non-hydrogen) atoms. The Balaban J connectivity index is 3.49. The number of unbranched alkanes of at least 4 members (excludes halogenated alkanes) is 9. The average Bonchev–Trinajstić information content (AvgIpc) is 2.62. The van der Waals surface area contributed by atoms with E-state index in [9.17, 15) is 14.4 Å². The number of carboxylic acid groups (broad SMARTS) is 1. The van der Waals surface area contributed by atoms with Crippen molar-refractivity contribution in [2.24, 2.45) is 0 Å². The van der Waals surface area contributed by atoms with Gasteiger partial charge < -0.3 is 25.6 Å². The first kappa shape index (κ1) is 24.2. The molecular formula is C18H34N2O6. The maximum Gasteiger partial charge on any atom is 0.407 e. The number of ether oxygens (including phenoxy) is 1. The number of carboxylic acids is 1. The van der Waals surface area contributed by atoms with Crippen molar-refractivity contribution in [3.8, 4) is 0 Å². The number of carbonyl (C=O) groups is 3. The van der Waals surface area contributed by atoms with E-state index in [0.717, 1.165) is 19.3 Å². The van der Waals surface area contributed by atoms with Gasteiger partial charge in [-0.05, 0) is 6.42 Å². The third-order valence-electron chi connectivity index (χ3n) is 3.94. The first-order valence-corrected chi connectivity index (χ1v) is 9.54. The molecule has 0 unspecified atom stereocenters. The number of aliphatic hydroxyl groups excluding tert-OH is 1. The summed E-state index contributed by atoms with van der Waals surface area (Å²) in [5, 5.41) is 21.8. The normalized spacial score (nSPS) is 11.6. The molecule has 0 aromatic carbocycles. The molecule has 0 bridgehead atoms. The Bertz CT molecular complexity index is 403. The molecule has 0 saturated carbocycles. The fraction of sp³-hybridized carbons (Fsp3) is 0.833. The van der Waals surface area contributed by atoms with Gasteiger partial charge in [-0.15, -0.1) is 0 Å². The van der Waals surface area contributed by atoms with E-state index in [2.05, 4.69) is 17.6 Å². The smallest absolute Gasteiger partial charge is 0.407 e. The highest BCUT2D eigenvalue weighted by Gasteiger charge is 2.18. The van der Waals surface area contributed by atoms with Crippen molar-refractivity contribution in [3.05, 3.63) is 0 Å². The number of hydrogen-bond donors (Lipinski definition) is 4. The lowest BCUT2D eigenvalue weighted by Gasteiger charge is -2.12. The molecule has 0 saturated heterocycles.